The van der Waals surface area contributed by atoms with Crippen LogP contribution in [0, 0.1) is 34.9 Å². The van der Waals surface area contributed by atoms with Crippen LogP contribution >= 0.6 is 11.6 Å². The average Bonchev–Trinajstić information content (AvgIpc) is 2.72. The molecular weight excluding hydrogens is 369 g/mol. The zero-order valence-electron chi connectivity index (χ0n) is 17.4. The van der Waals surface area contributed by atoms with Gasteiger partial charge in [-0.15, -0.1) is 0 Å². The number of unbranched alkanes of at least 4 members (excludes halogenated alkanes) is 3. The molecule has 0 radical (unpaired) electrons. The lowest BCUT2D eigenvalue weighted by molar-refractivity contribution is 0.155. The number of rotatable bonds is 7. The van der Waals surface area contributed by atoms with Crippen molar-refractivity contribution >= 4 is 11.6 Å². The van der Waals surface area contributed by atoms with Crippen molar-refractivity contribution in [2.24, 2.45) is 17.8 Å². The van der Waals surface area contributed by atoms with E-state index in [1.54, 1.807) is 6.07 Å². The number of benzene rings is 1. The molecule has 0 atom stereocenters. The van der Waals surface area contributed by atoms with Gasteiger partial charge in [-0.05, 0) is 79.9 Å². The van der Waals surface area contributed by atoms with Gasteiger partial charge in [0.05, 0.1) is 5.02 Å². The fourth-order valence-corrected chi connectivity index (χ4v) is 5.93. The first-order valence-corrected chi connectivity index (χ1v) is 11.9. The summed E-state index contributed by atoms with van der Waals surface area (Å²) in [5.74, 6) is 2.67. The van der Waals surface area contributed by atoms with E-state index in [4.69, 9.17) is 16.9 Å². The molecule has 3 rings (SSSR count). The smallest absolute Gasteiger partial charge is 0.142 e. The number of nitrogens with zero attached hydrogens (tertiary/aromatic N) is 1. The highest BCUT2D eigenvalue weighted by molar-refractivity contribution is 6.31. The maximum atomic E-state index is 14.1. The van der Waals surface area contributed by atoms with Crippen LogP contribution in [0.1, 0.15) is 107 Å². The first kappa shape index (κ1) is 21.6. The largest absolute Gasteiger partial charge is 0.205 e. The molecule has 1 aromatic carbocycles. The third-order valence-electron chi connectivity index (χ3n) is 7.44. The Kier molecular flexibility index (Phi) is 8.22. The maximum Gasteiger partial charge on any atom is 0.142 e. The van der Waals surface area contributed by atoms with Gasteiger partial charge < -0.3 is 0 Å². The molecule has 0 aromatic heterocycles. The van der Waals surface area contributed by atoms with Gasteiger partial charge in [-0.3, -0.25) is 0 Å². The SMILES string of the molecule is CCCCCCC1CCC(C2CCC(c3cc(F)c(C#N)c(Cl)c3)CC2)CC1. The summed E-state index contributed by atoms with van der Waals surface area (Å²) in [5.41, 5.74) is 0.960. The standard InChI is InChI=1S/C25H35ClFN/c1-2-3-4-5-6-18-7-9-19(10-8-18)20-11-13-21(14-12-20)22-15-24(26)23(17-28)25(27)16-22/h15-16,18-21H,2-14H2,1H3. The summed E-state index contributed by atoms with van der Waals surface area (Å²) in [5, 5.41) is 9.26. The van der Waals surface area contributed by atoms with Crippen LogP contribution in [0.4, 0.5) is 4.39 Å². The van der Waals surface area contributed by atoms with E-state index in [9.17, 15) is 4.39 Å². The van der Waals surface area contributed by atoms with Crippen molar-refractivity contribution in [3.8, 4) is 6.07 Å². The molecule has 0 bridgehead atoms. The van der Waals surface area contributed by atoms with E-state index in [0.29, 0.717) is 5.92 Å². The molecule has 1 nitrogen and oxygen atoms in total. The molecule has 0 heterocycles. The van der Waals surface area contributed by atoms with Gasteiger partial charge in [0.15, 0.2) is 0 Å². The Morgan fingerprint density at radius 1 is 0.964 bits per heavy atom. The van der Waals surface area contributed by atoms with Crippen molar-refractivity contribution in [3.63, 3.8) is 0 Å². The monoisotopic (exact) mass is 403 g/mol. The van der Waals surface area contributed by atoms with Crippen molar-refractivity contribution in [3.05, 3.63) is 34.1 Å². The minimum absolute atomic E-state index is 0.0226. The fourth-order valence-electron chi connectivity index (χ4n) is 5.67. The van der Waals surface area contributed by atoms with Gasteiger partial charge in [0, 0.05) is 0 Å². The van der Waals surface area contributed by atoms with Crippen LogP contribution in [0.3, 0.4) is 0 Å². The van der Waals surface area contributed by atoms with Crippen LogP contribution in [0.25, 0.3) is 0 Å². The van der Waals surface area contributed by atoms with E-state index in [-0.39, 0.29) is 10.6 Å². The normalized spacial score (nSPS) is 28.1. The van der Waals surface area contributed by atoms with Gasteiger partial charge in [-0.1, -0.05) is 63.5 Å². The molecular formula is C25H35ClFN. The van der Waals surface area contributed by atoms with Crippen molar-refractivity contribution < 1.29 is 4.39 Å². The lowest BCUT2D eigenvalue weighted by Crippen LogP contribution is -2.25. The second-order valence-electron chi connectivity index (χ2n) is 9.21. The molecule has 0 saturated heterocycles. The third kappa shape index (κ3) is 5.50. The Morgan fingerprint density at radius 3 is 2.18 bits per heavy atom. The Hall–Kier alpha value is -1.07. The summed E-state index contributed by atoms with van der Waals surface area (Å²) in [6, 6.07) is 5.22. The predicted molar refractivity (Wildman–Crippen MR) is 115 cm³/mol. The van der Waals surface area contributed by atoms with Crippen molar-refractivity contribution in [1.82, 2.24) is 0 Å². The first-order valence-electron chi connectivity index (χ1n) is 11.5. The summed E-state index contributed by atoms with van der Waals surface area (Å²) >= 11 is 6.11. The highest BCUT2D eigenvalue weighted by atomic mass is 35.5. The molecule has 1 aromatic rings. The van der Waals surface area contributed by atoms with E-state index >= 15 is 0 Å². The molecule has 154 valence electrons. The van der Waals surface area contributed by atoms with Gasteiger partial charge in [-0.25, -0.2) is 4.39 Å². The number of hydrogen-bond acceptors (Lipinski definition) is 1. The quantitative estimate of drug-likeness (QED) is 0.419. The average molecular weight is 404 g/mol. The topological polar surface area (TPSA) is 23.8 Å². The zero-order valence-corrected chi connectivity index (χ0v) is 18.1. The maximum absolute atomic E-state index is 14.1. The van der Waals surface area contributed by atoms with E-state index in [2.05, 4.69) is 6.92 Å². The molecule has 2 fully saturated rings. The Bertz CT molecular complexity index is 641. The zero-order chi connectivity index (χ0) is 19.9. The molecule has 0 aliphatic heterocycles. The summed E-state index contributed by atoms with van der Waals surface area (Å²) in [4.78, 5) is 0. The fraction of sp³-hybridized carbons (Fsp3) is 0.720. The van der Waals surface area contributed by atoms with Gasteiger partial charge >= 0.3 is 0 Å². The second kappa shape index (κ2) is 10.6. The molecule has 2 aliphatic carbocycles. The molecule has 0 spiro atoms. The van der Waals surface area contributed by atoms with Gasteiger partial charge in [-0.2, -0.15) is 5.26 Å². The Balaban J connectivity index is 1.44. The second-order valence-corrected chi connectivity index (χ2v) is 9.62. The summed E-state index contributed by atoms with van der Waals surface area (Å²) < 4.78 is 14.1. The number of hydrogen-bond donors (Lipinski definition) is 0. The molecule has 0 unspecified atom stereocenters. The summed E-state index contributed by atoms with van der Waals surface area (Å²) in [6.45, 7) is 2.28. The van der Waals surface area contributed by atoms with Crippen LogP contribution in [-0.4, -0.2) is 0 Å². The third-order valence-corrected chi connectivity index (χ3v) is 7.74. The lowest BCUT2D eigenvalue weighted by atomic mass is 9.68. The molecule has 0 amide bonds. The highest BCUT2D eigenvalue weighted by Crippen LogP contribution is 2.45. The van der Waals surface area contributed by atoms with E-state index in [0.717, 1.165) is 36.2 Å². The van der Waals surface area contributed by atoms with E-state index < -0.39 is 5.82 Å². The highest BCUT2D eigenvalue weighted by Gasteiger charge is 2.31. The van der Waals surface area contributed by atoms with Crippen molar-refractivity contribution in [2.45, 2.75) is 96.3 Å². The van der Waals surface area contributed by atoms with Crippen molar-refractivity contribution in [1.29, 1.82) is 5.26 Å². The first-order chi connectivity index (χ1) is 13.6. The van der Waals surface area contributed by atoms with Crippen LogP contribution in [0.15, 0.2) is 12.1 Å². The number of halogens is 2. The Morgan fingerprint density at radius 2 is 1.61 bits per heavy atom. The minimum atomic E-state index is -0.468. The Labute approximate surface area is 175 Å². The number of nitriles is 1. The van der Waals surface area contributed by atoms with Gasteiger partial charge in [0.1, 0.15) is 17.4 Å². The van der Waals surface area contributed by atoms with Crippen molar-refractivity contribution in [2.75, 3.05) is 0 Å². The molecule has 28 heavy (non-hydrogen) atoms. The van der Waals surface area contributed by atoms with Gasteiger partial charge in [0.2, 0.25) is 0 Å². The van der Waals surface area contributed by atoms with Crippen LogP contribution in [0.5, 0.6) is 0 Å². The predicted octanol–water partition coefficient (Wildman–Crippen LogP) is 8.40. The van der Waals surface area contributed by atoms with Crippen LogP contribution < -0.4 is 0 Å². The summed E-state index contributed by atoms with van der Waals surface area (Å²) in [6.07, 6.45) is 17.5. The minimum Gasteiger partial charge on any atom is -0.205 e. The van der Waals surface area contributed by atoms with Gasteiger partial charge in [0.25, 0.3) is 0 Å². The summed E-state index contributed by atoms with van der Waals surface area (Å²) in [7, 11) is 0. The van der Waals surface area contributed by atoms with Crippen LogP contribution in [0.2, 0.25) is 5.02 Å². The van der Waals surface area contributed by atoms with E-state index in [1.165, 1.54) is 70.6 Å². The molecule has 2 saturated carbocycles. The van der Waals surface area contributed by atoms with E-state index in [1.807, 2.05) is 12.1 Å². The molecule has 2 aliphatic rings. The lowest BCUT2D eigenvalue weighted by Gasteiger charge is -2.38. The molecule has 0 N–H and O–H groups in total. The molecule has 3 heteroatoms. The van der Waals surface area contributed by atoms with Crippen LogP contribution in [-0.2, 0) is 0 Å².